The zero-order valence-electron chi connectivity index (χ0n) is 11.1. The third kappa shape index (κ3) is 2.80. The highest BCUT2D eigenvalue weighted by molar-refractivity contribution is 9.10. The Morgan fingerprint density at radius 3 is 2.75 bits per heavy atom. The van der Waals surface area contributed by atoms with Crippen molar-refractivity contribution in [1.82, 2.24) is 4.90 Å². The molecule has 4 heteroatoms. The van der Waals surface area contributed by atoms with Crippen LogP contribution in [0.25, 0.3) is 0 Å². The zero-order chi connectivity index (χ0) is 13.9. The highest BCUT2D eigenvalue weighted by Gasteiger charge is 2.26. The summed E-state index contributed by atoms with van der Waals surface area (Å²) in [6, 6.07) is 11.9. The first-order valence-corrected chi connectivity index (χ1v) is 7.61. The minimum atomic E-state index is -0.00295. The first-order valence-electron chi connectivity index (χ1n) is 6.82. The Labute approximate surface area is 126 Å². The number of piperidine rings is 1. The van der Waals surface area contributed by atoms with Crippen molar-refractivity contribution in [3.63, 3.8) is 0 Å². The second-order valence-electron chi connectivity index (χ2n) is 5.12. The molecule has 2 heterocycles. The number of benzene rings is 1. The van der Waals surface area contributed by atoms with Gasteiger partial charge in [0.15, 0.2) is 5.76 Å². The maximum atomic E-state index is 12.3. The van der Waals surface area contributed by atoms with Crippen molar-refractivity contribution in [1.29, 1.82) is 0 Å². The lowest BCUT2D eigenvalue weighted by Crippen LogP contribution is -2.38. The van der Waals surface area contributed by atoms with Gasteiger partial charge in [-0.3, -0.25) is 4.79 Å². The number of carbonyl (C=O) groups is 1. The molecule has 1 unspecified atom stereocenters. The van der Waals surface area contributed by atoms with Gasteiger partial charge in [-0.15, -0.1) is 0 Å². The van der Waals surface area contributed by atoms with Crippen LogP contribution in [0.2, 0.25) is 0 Å². The van der Waals surface area contributed by atoms with E-state index in [9.17, 15) is 4.79 Å². The molecule has 1 fully saturated rings. The molecule has 1 saturated heterocycles. The molecule has 2 aromatic rings. The number of rotatable bonds is 2. The van der Waals surface area contributed by atoms with Gasteiger partial charge in [0.2, 0.25) is 0 Å². The fourth-order valence-corrected chi connectivity index (χ4v) is 2.99. The molecule has 0 spiro atoms. The molecule has 104 valence electrons. The van der Waals surface area contributed by atoms with E-state index in [0.717, 1.165) is 30.4 Å². The molecule has 0 N–H and O–H groups in total. The lowest BCUT2D eigenvalue weighted by atomic mass is 9.90. The van der Waals surface area contributed by atoms with Crippen LogP contribution >= 0.6 is 15.9 Å². The largest absolute Gasteiger partial charge is 0.459 e. The van der Waals surface area contributed by atoms with E-state index in [4.69, 9.17) is 4.42 Å². The normalized spacial score (nSPS) is 19.1. The van der Waals surface area contributed by atoms with Crippen molar-refractivity contribution in [2.24, 2.45) is 0 Å². The van der Waals surface area contributed by atoms with Crippen molar-refractivity contribution in [3.8, 4) is 0 Å². The molecule has 1 aromatic carbocycles. The number of hydrogen-bond donors (Lipinski definition) is 0. The third-order valence-electron chi connectivity index (χ3n) is 3.78. The molecule has 0 saturated carbocycles. The predicted octanol–water partition coefficient (Wildman–Crippen LogP) is 4.06. The van der Waals surface area contributed by atoms with Gasteiger partial charge in [0, 0.05) is 23.5 Å². The second kappa shape index (κ2) is 5.83. The Morgan fingerprint density at radius 2 is 2.05 bits per heavy atom. The molecule has 3 rings (SSSR count). The van der Waals surface area contributed by atoms with Crippen LogP contribution in [0.15, 0.2) is 51.6 Å². The molecule has 1 aliphatic heterocycles. The van der Waals surface area contributed by atoms with Crippen LogP contribution in [0, 0.1) is 0 Å². The Balaban J connectivity index is 1.73. The number of carbonyl (C=O) groups excluding carboxylic acids is 1. The fourth-order valence-electron chi connectivity index (χ4n) is 2.72. The van der Waals surface area contributed by atoms with Gasteiger partial charge in [0.1, 0.15) is 0 Å². The minimum absolute atomic E-state index is 0.00295. The maximum absolute atomic E-state index is 12.3. The van der Waals surface area contributed by atoms with E-state index < -0.39 is 0 Å². The molecule has 1 atom stereocenters. The first kappa shape index (κ1) is 13.4. The van der Waals surface area contributed by atoms with Crippen LogP contribution in [0.1, 0.15) is 34.9 Å². The monoisotopic (exact) mass is 333 g/mol. The highest BCUT2D eigenvalue weighted by atomic mass is 79.9. The molecular weight excluding hydrogens is 318 g/mol. The average Bonchev–Trinajstić information content (AvgIpc) is 3.01. The van der Waals surface area contributed by atoms with Crippen molar-refractivity contribution in [3.05, 3.63) is 58.5 Å². The SMILES string of the molecule is O=C(c1ccco1)N1CCCC(c2ccc(Br)cc2)C1. The molecule has 3 nitrogen and oxygen atoms in total. The Kier molecular flexibility index (Phi) is 3.92. The van der Waals surface area contributed by atoms with Gasteiger partial charge >= 0.3 is 0 Å². The van der Waals surface area contributed by atoms with Gasteiger partial charge in [-0.05, 0) is 42.7 Å². The number of halogens is 1. The van der Waals surface area contributed by atoms with E-state index in [1.807, 2.05) is 4.90 Å². The van der Waals surface area contributed by atoms with Crippen molar-refractivity contribution < 1.29 is 9.21 Å². The molecule has 0 radical (unpaired) electrons. The summed E-state index contributed by atoms with van der Waals surface area (Å²) in [5.41, 5.74) is 1.30. The van der Waals surface area contributed by atoms with Gasteiger partial charge in [-0.1, -0.05) is 28.1 Å². The summed E-state index contributed by atoms with van der Waals surface area (Å²) in [7, 11) is 0. The highest BCUT2D eigenvalue weighted by Crippen LogP contribution is 2.28. The van der Waals surface area contributed by atoms with Gasteiger partial charge < -0.3 is 9.32 Å². The smallest absolute Gasteiger partial charge is 0.289 e. The number of nitrogens with zero attached hydrogens (tertiary/aromatic N) is 1. The lowest BCUT2D eigenvalue weighted by Gasteiger charge is -2.32. The standard InChI is InChI=1S/C16H16BrNO2/c17-14-7-5-12(6-8-14)13-3-1-9-18(11-13)16(19)15-4-2-10-20-15/h2,4-8,10,13H,1,3,9,11H2. The van der Waals surface area contributed by atoms with Crippen LogP contribution in [0.3, 0.4) is 0 Å². The van der Waals surface area contributed by atoms with Gasteiger partial charge in [0.25, 0.3) is 5.91 Å². The number of hydrogen-bond acceptors (Lipinski definition) is 2. The lowest BCUT2D eigenvalue weighted by molar-refractivity contribution is 0.0675. The summed E-state index contributed by atoms with van der Waals surface area (Å²) >= 11 is 3.45. The second-order valence-corrected chi connectivity index (χ2v) is 6.03. The molecule has 0 bridgehead atoms. The quantitative estimate of drug-likeness (QED) is 0.830. The number of likely N-dealkylation sites (tertiary alicyclic amines) is 1. The Morgan fingerprint density at radius 1 is 1.25 bits per heavy atom. The topological polar surface area (TPSA) is 33.5 Å². The summed E-state index contributed by atoms with van der Waals surface area (Å²) in [5, 5.41) is 0. The zero-order valence-corrected chi connectivity index (χ0v) is 12.7. The molecule has 1 amide bonds. The predicted molar refractivity (Wildman–Crippen MR) is 80.7 cm³/mol. The van der Waals surface area contributed by atoms with E-state index in [1.165, 1.54) is 5.56 Å². The van der Waals surface area contributed by atoms with E-state index in [0.29, 0.717) is 11.7 Å². The summed E-state index contributed by atoms with van der Waals surface area (Å²) in [6.45, 7) is 1.58. The summed E-state index contributed by atoms with van der Waals surface area (Å²) in [6.07, 6.45) is 3.71. The van der Waals surface area contributed by atoms with Crippen LogP contribution in [0.5, 0.6) is 0 Å². The van der Waals surface area contributed by atoms with Crippen LogP contribution in [-0.4, -0.2) is 23.9 Å². The number of amides is 1. The van der Waals surface area contributed by atoms with Crippen molar-refractivity contribution >= 4 is 21.8 Å². The van der Waals surface area contributed by atoms with E-state index in [2.05, 4.69) is 40.2 Å². The van der Waals surface area contributed by atoms with Crippen molar-refractivity contribution in [2.45, 2.75) is 18.8 Å². The molecular formula is C16H16BrNO2. The Bertz CT molecular complexity index is 577. The Hall–Kier alpha value is -1.55. The summed E-state index contributed by atoms with van der Waals surface area (Å²) < 4.78 is 6.29. The van der Waals surface area contributed by atoms with E-state index >= 15 is 0 Å². The molecule has 1 aromatic heterocycles. The maximum Gasteiger partial charge on any atom is 0.289 e. The minimum Gasteiger partial charge on any atom is -0.459 e. The van der Waals surface area contributed by atoms with Gasteiger partial charge in [-0.2, -0.15) is 0 Å². The molecule has 0 aliphatic carbocycles. The van der Waals surface area contributed by atoms with E-state index in [-0.39, 0.29) is 5.91 Å². The van der Waals surface area contributed by atoms with Crippen LogP contribution in [-0.2, 0) is 0 Å². The average molecular weight is 334 g/mol. The summed E-state index contributed by atoms with van der Waals surface area (Å²) in [5.74, 6) is 0.842. The molecule has 20 heavy (non-hydrogen) atoms. The van der Waals surface area contributed by atoms with Crippen LogP contribution in [0.4, 0.5) is 0 Å². The van der Waals surface area contributed by atoms with Crippen molar-refractivity contribution in [2.75, 3.05) is 13.1 Å². The fraction of sp³-hybridized carbons (Fsp3) is 0.312. The van der Waals surface area contributed by atoms with Crippen LogP contribution < -0.4 is 0 Å². The number of furan rings is 1. The van der Waals surface area contributed by atoms with Gasteiger partial charge in [0.05, 0.1) is 6.26 Å². The third-order valence-corrected chi connectivity index (χ3v) is 4.31. The summed E-state index contributed by atoms with van der Waals surface area (Å²) in [4.78, 5) is 14.2. The van der Waals surface area contributed by atoms with E-state index in [1.54, 1.807) is 18.4 Å². The first-order chi connectivity index (χ1) is 9.74. The molecule has 1 aliphatic rings. The van der Waals surface area contributed by atoms with Gasteiger partial charge in [-0.25, -0.2) is 0 Å².